The molecule has 3 atom stereocenters. The molecule has 0 radical (unpaired) electrons. The van der Waals surface area contributed by atoms with Crippen LogP contribution in [0.5, 0.6) is 0 Å². The van der Waals surface area contributed by atoms with Gasteiger partial charge in [0, 0.05) is 5.92 Å². The lowest BCUT2D eigenvalue weighted by Crippen LogP contribution is -2.39. The quantitative estimate of drug-likeness (QED) is 0.481. The minimum Gasteiger partial charge on any atom is -0.469 e. The molecule has 1 fully saturated rings. The van der Waals surface area contributed by atoms with Gasteiger partial charge in [-0.3, -0.25) is 0 Å². The SMILES string of the molecule is N#CC1(C#N)C[C@@H]2CC(c3ccccc3)=C(c3ccccc3)C[C@@H]2C[C@@H]1c1ccco1. The van der Waals surface area contributed by atoms with Crippen LogP contribution in [0.4, 0.5) is 0 Å². The Labute approximate surface area is 183 Å². The van der Waals surface area contributed by atoms with Gasteiger partial charge >= 0.3 is 0 Å². The Hall–Kier alpha value is -3.56. The molecule has 1 saturated carbocycles. The lowest BCUT2D eigenvalue weighted by Gasteiger charge is -2.45. The van der Waals surface area contributed by atoms with Crippen LogP contribution in [0.1, 0.15) is 48.5 Å². The fraction of sp³-hybridized carbons (Fsp3) is 0.286. The van der Waals surface area contributed by atoms with E-state index in [0.29, 0.717) is 18.3 Å². The summed E-state index contributed by atoms with van der Waals surface area (Å²) >= 11 is 0. The number of rotatable bonds is 3. The highest BCUT2D eigenvalue weighted by molar-refractivity contribution is 5.92. The molecule has 0 saturated heterocycles. The molecule has 5 rings (SSSR count). The van der Waals surface area contributed by atoms with Crippen LogP contribution in [-0.2, 0) is 0 Å². The highest BCUT2D eigenvalue weighted by Gasteiger charge is 2.51. The first-order chi connectivity index (χ1) is 15.2. The van der Waals surface area contributed by atoms with Crippen LogP contribution < -0.4 is 0 Å². The smallest absolute Gasteiger partial charge is 0.153 e. The van der Waals surface area contributed by atoms with Gasteiger partial charge in [0.05, 0.1) is 18.4 Å². The Morgan fingerprint density at radius 1 is 0.742 bits per heavy atom. The van der Waals surface area contributed by atoms with Crippen molar-refractivity contribution in [3.8, 4) is 12.1 Å². The number of nitrogens with zero attached hydrogens (tertiary/aromatic N) is 2. The first-order valence-corrected chi connectivity index (χ1v) is 10.9. The lowest BCUT2D eigenvalue weighted by molar-refractivity contribution is 0.130. The van der Waals surface area contributed by atoms with Gasteiger partial charge in [0.25, 0.3) is 0 Å². The molecule has 1 heterocycles. The fourth-order valence-corrected chi connectivity index (χ4v) is 5.66. The van der Waals surface area contributed by atoms with E-state index >= 15 is 0 Å². The Morgan fingerprint density at radius 2 is 1.32 bits per heavy atom. The molecule has 0 aliphatic heterocycles. The minimum atomic E-state index is -1.04. The van der Waals surface area contributed by atoms with Crippen molar-refractivity contribution in [2.45, 2.75) is 31.6 Å². The zero-order valence-electron chi connectivity index (χ0n) is 17.4. The standard InChI is InChI=1S/C28H24N2O/c29-18-28(19-30)17-23-15-25(21-10-5-2-6-11-21)24(20-8-3-1-4-9-20)14-22(23)16-26(28)27-12-7-13-31-27/h1-13,22-23,26H,14-17H2/t22-,23+,26-/m1/s1. The highest BCUT2D eigenvalue weighted by Crippen LogP contribution is 2.57. The van der Waals surface area contributed by atoms with Crippen molar-refractivity contribution in [1.29, 1.82) is 10.5 Å². The molecule has 0 spiro atoms. The van der Waals surface area contributed by atoms with Gasteiger partial charge in [0.2, 0.25) is 0 Å². The van der Waals surface area contributed by atoms with Gasteiger partial charge in [-0.25, -0.2) is 0 Å². The molecular weight excluding hydrogens is 380 g/mol. The zero-order chi connectivity index (χ0) is 21.3. The van der Waals surface area contributed by atoms with Crippen molar-refractivity contribution in [3.05, 3.63) is 95.9 Å². The van der Waals surface area contributed by atoms with E-state index in [-0.39, 0.29) is 5.92 Å². The van der Waals surface area contributed by atoms with E-state index in [0.717, 1.165) is 25.0 Å². The molecule has 3 nitrogen and oxygen atoms in total. The molecule has 2 aromatic carbocycles. The summed E-state index contributed by atoms with van der Waals surface area (Å²) in [7, 11) is 0. The predicted octanol–water partition coefficient (Wildman–Crippen LogP) is 6.83. The molecule has 1 aromatic heterocycles. The third kappa shape index (κ3) is 3.37. The number of benzene rings is 2. The molecule has 31 heavy (non-hydrogen) atoms. The number of hydrogen-bond acceptors (Lipinski definition) is 3. The Balaban J connectivity index is 1.59. The fourth-order valence-electron chi connectivity index (χ4n) is 5.66. The van der Waals surface area contributed by atoms with Crippen LogP contribution in [0, 0.1) is 39.9 Å². The summed E-state index contributed by atoms with van der Waals surface area (Å²) in [4.78, 5) is 0. The summed E-state index contributed by atoms with van der Waals surface area (Å²) < 4.78 is 5.70. The maximum Gasteiger partial charge on any atom is 0.153 e. The summed E-state index contributed by atoms with van der Waals surface area (Å²) in [5.74, 6) is 1.32. The third-order valence-corrected chi connectivity index (χ3v) is 7.21. The monoisotopic (exact) mass is 404 g/mol. The average Bonchev–Trinajstić information content (AvgIpc) is 3.38. The van der Waals surface area contributed by atoms with Gasteiger partial charge in [0.1, 0.15) is 5.76 Å². The van der Waals surface area contributed by atoms with Gasteiger partial charge in [-0.05, 0) is 71.9 Å². The molecule has 152 valence electrons. The van der Waals surface area contributed by atoms with E-state index in [9.17, 15) is 10.5 Å². The number of nitriles is 2. The molecule has 3 heteroatoms. The van der Waals surface area contributed by atoms with E-state index in [4.69, 9.17) is 4.42 Å². The van der Waals surface area contributed by atoms with Gasteiger partial charge < -0.3 is 4.42 Å². The van der Waals surface area contributed by atoms with Crippen molar-refractivity contribution in [2.75, 3.05) is 0 Å². The van der Waals surface area contributed by atoms with Crippen molar-refractivity contribution in [2.24, 2.45) is 17.3 Å². The van der Waals surface area contributed by atoms with Gasteiger partial charge in [-0.2, -0.15) is 10.5 Å². The molecule has 0 amide bonds. The van der Waals surface area contributed by atoms with E-state index in [1.807, 2.05) is 18.2 Å². The normalized spacial score (nSPS) is 24.6. The summed E-state index contributed by atoms with van der Waals surface area (Å²) in [6.45, 7) is 0. The second kappa shape index (κ2) is 7.93. The Kier molecular flexibility index (Phi) is 4.97. The largest absolute Gasteiger partial charge is 0.469 e. The number of hydrogen-bond donors (Lipinski definition) is 0. The molecule has 0 bridgehead atoms. The van der Waals surface area contributed by atoms with Crippen molar-refractivity contribution in [1.82, 2.24) is 0 Å². The molecule has 0 N–H and O–H groups in total. The van der Waals surface area contributed by atoms with Crippen molar-refractivity contribution in [3.63, 3.8) is 0 Å². The van der Waals surface area contributed by atoms with E-state index < -0.39 is 5.41 Å². The first-order valence-electron chi connectivity index (χ1n) is 10.9. The zero-order valence-corrected chi connectivity index (χ0v) is 17.4. The number of furan rings is 1. The van der Waals surface area contributed by atoms with Crippen LogP contribution in [0.2, 0.25) is 0 Å². The van der Waals surface area contributed by atoms with Crippen LogP contribution >= 0.6 is 0 Å². The van der Waals surface area contributed by atoms with Gasteiger partial charge in [0.15, 0.2) is 5.41 Å². The third-order valence-electron chi connectivity index (χ3n) is 7.21. The summed E-state index contributed by atoms with van der Waals surface area (Å²) in [5.41, 5.74) is 4.23. The Morgan fingerprint density at radius 3 is 1.84 bits per heavy atom. The van der Waals surface area contributed by atoms with E-state index in [1.165, 1.54) is 22.3 Å². The van der Waals surface area contributed by atoms with Crippen LogP contribution in [0.3, 0.4) is 0 Å². The Bertz CT molecular complexity index is 1150. The van der Waals surface area contributed by atoms with Gasteiger partial charge in [-0.15, -0.1) is 0 Å². The highest BCUT2D eigenvalue weighted by atomic mass is 16.3. The molecule has 0 unspecified atom stereocenters. The maximum absolute atomic E-state index is 10.1. The molecule has 2 aliphatic carbocycles. The lowest BCUT2D eigenvalue weighted by atomic mass is 9.55. The average molecular weight is 405 g/mol. The molecule has 2 aliphatic rings. The maximum atomic E-state index is 10.1. The minimum absolute atomic E-state index is 0.186. The summed E-state index contributed by atoms with van der Waals surface area (Å²) in [6, 6.07) is 29.8. The topological polar surface area (TPSA) is 60.7 Å². The second-order valence-corrected chi connectivity index (χ2v) is 8.82. The molecular formula is C28H24N2O. The summed E-state index contributed by atoms with van der Waals surface area (Å²) in [5, 5.41) is 20.2. The van der Waals surface area contributed by atoms with Crippen molar-refractivity contribution >= 4 is 11.1 Å². The van der Waals surface area contributed by atoms with Gasteiger partial charge in [-0.1, -0.05) is 60.7 Å². The molecule has 3 aromatic rings. The van der Waals surface area contributed by atoms with Crippen LogP contribution in [0.15, 0.2) is 83.5 Å². The van der Waals surface area contributed by atoms with Crippen molar-refractivity contribution < 1.29 is 4.42 Å². The summed E-state index contributed by atoms with van der Waals surface area (Å²) in [6.07, 6.45) is 4.90. The number of allylic oxidation sites excluding steroid dienone is 2. The predicted molar refractivity (Wildman–Crippen MR) is 120 cm³/mol. The second-order valence-electron chi connectivity index (χ2n) is 8.82. The number of fused-ring (bicyclic) bond motifs is 1. The van der Waals surface area contributed by atoms with Crippen LogP contribution in [-0.4, -0.2) is 0 Å². The van der Waals surface area contributed by atoms with E-state index in [1.54, 1.807) is 6.26 Å². The first kappa shape index (κ1) is 19.4. The van der Waals surface area contributed by atoms with Crippen LogP contribution in [0.25, 0.3) is 11.1 Å². The van der Waals surface area contributed by atoms with E-state index in [2.05, 4.69) is 66.7 Å².